The van der Waals surface area contributed by atoms with E-state index in [1.165, 1.54) is 0 Å². The SMILES string of the molecule is CC(C)(C)[Si](C)(C)Oc1c(Cl)cc(C(=O)O)cc1S(=O)(=O)Cl. The van der Waals surface area contributed by atoms with Crippen molar-refractivity contribution in [2.75, 3.05) is 0 Å². The van der Waals surface area contributed by atoms with Gasteiger partial charge in [0.25, 0.3) is 17.4 Å². The van der Waals surface area contributed by atoms with Crippen LogP contribution >= 0.6 is 22.3 Å². The summed E-state index contributed by atoms with van der Waals surface area (Å²) >= 11 is 6.05. The maximum Gasteiger partial charge on any atom is 0.335 e. The van der Waals surface area contributed by atoms with E-state index in [-0.39, 0.29) is 21.4 Å². The van der Waals surface area contributed by atoms with Gasteiger partial charge < -0.3 is 9.53 Å². The van der Waals surface area contributed by atoms with Gasteiger partial charge in [0.15, 0.2) is 0 Å². The van der Waals surface area contributed by atoms with Crippen LogP contribution in [-0.4, -0.2) is 27.8 Å². The van der Waals surface area contributed by atoms with Gasteiger partial charge in [-0.05, 0) is 30.3 Å². The molecule has 0 aliphatic carbocycles. The van der Waals surface area contributed by atoms with Crippen molar-refractivity contribution in [1.29, 1.82) is 0 Å². The summed E-state index contributed by atoms with van der Waals surface area (Å²) in [6, 6.07) is 2.11. The molecule has 9 heteroatoms. The third-order valence-electron chi connectivity index (χ3n) is 3.68. The highest BCUT2D eigenvalue weighted by atomic mass is 35.7. The molecule has 0 aliphatic rings. The average molecular weight is 385 g/mol. The first kappa shape index (κ1) is 19.3. The first-order chi connectivity index (χ1) is 9.67. The Morgan fingerprint density at radius 2 is 1.77 bits per heavy atom. The Kier molecular flexibility index (Phi) is 5.29. The quantitative estimate of drug-likeness (QED) is 0.616. The summed E-state index contributed by atoms with van der Waals surface area (Å²) in [5.41, 5.74) is -0.271. The van der Waals surface area contributed by atoms with E-state index in [0.717, 1.165) is 12.1 Å². The van der Waals surface area contributed by atoms with Crippen LogP contribution in [0.1, 0.15) is 31.1 Å². The van der Waals surface area contributed by atoms with Crippen LogP contribution in [0.5, 0.6) is 5.75 Å². The molecule has 0 atom stereocenters. The molecule has 22 heavy (non-hydrogen) atoms. The highest BCUT2D eigenvalue weighted by molar-refractivity contribution is 8.13. The van der Waals surface area contributed by atoms with Crippen molar-refractivity contribution in [3.63, 3.8) is 0 Å². The molecule has 0 radical (unpaired) electrons. The van der Waals surface area contributed by atoms with Crippen molar-refractivity contribution in [2.24, 2.45) is 0 Å². The van der Waals surface area contributed by atoms with E-state index in [1.54, 1.807) is 0 Å². The highest BCUT2D eigenvalue weighted by Crippen LogP contribution is 2.42. The molecule has 0 heterocycles. The monoisotopic (exact) mass is 384 g/mol. The lowest BCUT2D eigenvalue weighted by Gasteiger charge is -2.37. The van der Waals surface area contributed by atoms with Crippen LogP contribution in [0.4, 0.5) is 0 Å². The molecule has 1 aromatic carbocycles. The van der Waals surface area contributed by atoms with Crippen LogP contribution in [0.3, 0.4) is 0 Å². The second-order valence-corrected chi connectivity index (χ2v) is 14.1. The lowest BCUT2D eigenvalue weighted by Crippen LogP contribution is -2.44. The van der Waals surface area contributed by atoms with Gasteiger partial charge in [-0.3, -0.25) is 0 Å². The molecule has 0 saturated heterocycles. The largest absolute Gasteiger partial charge is 0.542 e. The lowest BCUT2D eigenvalue weighted by molar-refractivity contribution is 0.0696. The Hall–Kier alpha value is -0.763. The predicted octanol–water partition coefficient (Wildman–Crippen LogP) is 4.35. The third kappa shape index (κ3) is 4.16. The molecule has 1 rings (SSSR count). The van der Waals surface area contributed by atoms with Crippen molar-refractivity contribution >= 4 is 45.6 Å². The number of hydrogen-bond acceptors (Lipinski definition) is 4. The second-order valence-electron chi connectivity index (χ2n) is 6.39. The summed E-state index contributed by atoms with van der Waals surface area (Å²) in [6.45, 7) is 9.77. The van der Waals surface area contributed by atoms with Crippen molar-refractivity contribution in [1.82, 2.24) is 0 Å². The summed E-state index contributed by atoms with van der Waals surface area (Å²) in [4.78, 5) is 10.6. The third-order valence-corrected chi connectivity index (χ3v) is 9.62. The number of aromatic carboxylic acids is 1. The number of benzene rings is 1. The summed E-state index contributed by atoms with van der Waals surface area (Å²) < 4.78 is 29.5. The maximum atomic E-state index is 11.8. The fourth-order valence-corrected chi connectivity index (χ4v) is 3.85. The van der Waals surface area contributed by atoms with Crippen LogP contribution in [0, 0.1) is 0 Å². The van der Waals surface area contributed by atoms with Crippen molar-refractivity contribution in [2.45, 2.75) is 43.8 Å². The summed E-state index contributed by atoms with van der Waals surface area (Å²) in [6.07, 6.45) is 0. The minimum atomic E-state index is -4.21. The van der Waals surface area contributed by atoms with Crippen LogP contribution in [0.25, 0.3) is 0 Å². The Bertz CT molecular complexity index is 708. The molecule has 0 spiro atoms. The van der Waals surface area contributed by atoms with Gasteiger partial charge in [-0.2, -0.15) is 0 Å². The number of halogens is 2. The lowest BCUT2D eigenvalue weighted by atomic mass is 10.2. The minimum Gasteiger partial charge on any atom is -0.542 e. The first-order valence-corrected chi connectivity index (χ1v) is 12.0. The number of hydrogen-bond donors (Lipinski definition) is 1. The number of carboxylic acid groups (broad SMARTS) is 1. The maximum absolute atomic E-state index is 11.8. The van der Waals surface area contributed by atoms with Gasteiger partial charge in [-0.25, -0.2) is 13.2 Å². The molecule has 0 aromatic heterocycles. The van der Waals surface area contributed by atoms with E-state index in [2.05, 4.69) is 0 Å². The van der Waals surface area contributed by atoms with E-state index >= 15 is 0 Å². The van der Waals surface area contributed by atoms with E-state index in [0.29, 0.717) is 0 Å². The number of carboxylic acids is 1. The van der Waals surface area contributed by atoms with Gasteiger partial charge in [0.1, 0.15) is 10.6 Å². The Balaban J connectivity index is 3.58. The Morgan fingerprint density at radius 1 is 1.27 bits per heavy atom. The second kappa shape index (κ2) is 6.03. The van der Waals surface area contributed by atoms with Crippen molar-refractivity contribution in [3.05, 3.63) is 22.7 Å². The van der Waals surface area contributed by atoms with Crippen LogP contribution in [0.2, 0.25) is 23.2 Å². The molecule has 124 valence electrons. The molecule has 5 nitrogen and oxygen atoms in total. The van der Waals surface area contributed by atoms with Gasteiger partial charge in [-0.15, -0.1) is 0 Å². The normalized spacial score (nSPS) is 13.0. The van der Waals surface area contributed by atoms with E-state index < -0.39 is 28.2 Å². The zero-order chi connectivity index (χ0) is 17.5. The molecule has 0 fully saturated rings. The van der Waals surface area contributed by atoms with Gasteiger partial charge in [0.05, 0.1) is 10.6 Å². The summed E-state index contributed by atoms with van der Waals surface area (Å²) in [5.74, 6) is -1.39. The molecule has 1 N–H and O–H groups in total. The molecule has 0 aliphatic heterocycles. The number of carbonyl (C=O) groups is 1. The fraction of sp³-hybridized carbons (Fsp3) is 0.462. The zero-order valence-corrected chi connectivity index (χ0v) is 16.2. The van der Waals surface area contributed by atoms with Gasteiger partial charge in [0.2, 0.25) is 0 Å². The highest BCUT2D eigenvalue weighted by Gasteiger charge is 2.40. The Labute approximate surface area is 140 Å². The van der Waals surface area contributed by atoms with Gasteiger partial charge >= 0.3 is 5.97 Å². The topological polar surface area (TPSA) is 80.7 Å². The van der Waals surface area contributed by atoms with Gasteiger partial charge in [0, 0.05) is 10.7 Å². The minimum absolute atomic E-state index is 0.0896. The predicted molar refractivity (Wildman–Crippen MR) is 89.3 cm³/mol. The standard InChI is InChI=1S/C13H18Cl2O5SSi/c1-13(2,3)22(4,5)20-11-9(14)6-8(12(16)17)7-10(11)21(15,18)19/h6-7H,1-5H3,(H,16,17). The van der Waals surface area contributed by atoms with Crippen LogP contribution in [-0.2, 0) is 9.05 Å². The zero-order valence-electron chi connectivity index (χ0n) is 12.9. The summed E-state index contributed by atoms with van der Waals surface area (Å²) in [5, 5.41) is 8.73. The fourth-order valence-electron chi connectivity index (χ4n) is 1.38. The average Bonchev–Trinajstić information content (AvgIpc) is 2.27. The molecular weight excluding hydrogens is 367 g/mol. The van der Waals surface area contributed by atoms with Crippen LogP contribution in [0.15, 0.2) is 17.0 Å². The molecule has 0 unspecified atom stereocenters. The Morgan fingerprint density at radius 3 is 2.14 bits per heavy atom. The smallest absolute Gasteiger partial charge is 0.335 e. The molecule has 0 bridgehead atoms. The first-order valence-electron chi connectivity index (χ1n) is 6.37. The van der Waals surface area contributed by atoms with Crippen molar-refractivity contribution < 1.29 is 22.7 Å². The molecular formula is C13H18Cl2O5SSi. The number of rotatable bonds is 4. The van der Waals surface area contributed by atoms with E-state index in [9.17, 15) is 13.2 Å². The van der Waals surface area contributed by atoms with Gasteiger partial charge in [-0.1, -0.05) is 32.4 Å². The molecule has 0 amide bonds. The van der Waals surface area contributed by atoms with E-state index in [1.807, 2.05) is 33.9 Å². The molecule has 0 saturated carbocycles. The summed E-state index contributed by atoms with van der Waals surface area (Å²) in [7, 11) is -1.18. The molecule has 1 aromatic rings. The van der Waals surface area contributed by atoms with Crippen LogP contribution < -0.4 is 4.43 Å². The van der Waals surface area contributed by atoms with E-state index in [4.69, 9.17) is 31.8 Å². The van der Waals surface area contributed by atoms with Crippen molar-refractivity contribution in [3.8, 4) is 5.75 Å².